The van der Waals surface area contributed by atoms with E-state index in [1.165, 1.54) is 18.2 Å². The van der Waals surface area contributed by atoms with Crippen molar-refractivity contribution in [2.45, 2.75) is 20.0 Å². The van der Waals surface area contributed by atoms with Crippen LogP contribution in [0.25, 0.3) is 0 Å². The van der Waals surface area contributed by atoms with Gasteiger partial charge in [-0.2, -0.15) is 0 Å². The van der Waals surface area contributed by atoms with Crippen molar-refractivity contribution in [2.24, 2.45) is 0 Å². The number of nitrogens with one attached hydrogen (secondary N) is 1. The number of aromatic nitrogens is 1. The highest BCUT2D eigenvalue weighted by molar-refractivity contribution is 5.32. The molecule has 0 fully saturated rings. The molecule has 4 nitrogen and oxygen atoms in total. The van der Waals surface area contributed by atoms with Gasteiger partial charge in [-0.1, -0.05) is 0 Å². The number of hydrogen-bond acceptors (Lipinski definition) is 4. The van der Waals surface area contributed by atoms with Gasteiger partial charge in [0.05, 0.1) is 12.7 Å². The minimum atomic E-state index is -0.369. The lowest BCUT2D eigenvalue weighted by Gasteiger charge is -2.05. The van der Waals surface area contributed by atoms with Crippen molar-refractivity contribution in [3.05, 3.63) is 47.4 Å². The smallest absolute Gasteiger partial charge is 0.208 e. The van der Waals surface area contributed by atoms with Crippen LogP contribution in [0.1, 0.15) is 17.2 Å². The van der Waals surface area contributed by atoms with E-state index in [2.05, 4.69) is 10.3 Å². The summed E-state index contributed by atoms with van der Waals surface area (Å²) in [6.07, 6.45) is 1.64. The molecule has 2 rings (SSSR count). The normalized spacial score (nSPS) is 10.7. The van der Waals surface area contributed by atoms with Crippen LogP contribution in [0.5, 0.6) is 5.75 Å². The number of aryl methyl sites for hydroxylation is 1. The molecule has 5 heteroatoms. The fraction of sp³-hybridized carbons (Fsp3) is 0.250. The van der Waals surface area contributed by atoms with E-state index in [0.717, 1.165) is 5.76 Å². The summed E-state index contributed by atoms with van der Waals surface area (Å²) < 4.78 is 18.2. The van der Waals surface area contributed by atoms with Crippen molar-refractivity contribution in [2.75, 3.05) is 0 Å². The molecule has 2 N–H and O–H groups in total. The van der Waals surface area contributed by atoms with Crippen LogP contribution in [0.15, 0.2) is 28.8 Å². The Morgan fingerprint density at radius 1 is 1.41 bits per heavy atom. The fourth-order valence-corrected chi connectivity index (χ4v) is 1.48. The number of nitrogens with zero attached hydrogens (tertiary/aromatic N) is 1. The Bertz CT molecular complexity index is 511. The zero-order chi connectivity index (χ0) is 12.3. The Kier molecular flexibility index (Phi) is 3.39. The number of benzene rings is 1. The molecule has 90 valence electrons. The molecule has 0 bridgehead atoms. The maximum atomic E-state index is 12.9. The van der Waals surface area contributed by atoms with Crippen molar-refractivity contribution < 1.29 is 13.9 Å². The van der Waals surface area contributed by atoms with E-state index >= 15 is 0 Å². The third-order valence-electron chi connectivity index (χ3n) is 2.30. The number of rotatable bonds is 4. The second-order valence-electron chi connectivity index (χ2n) is 3.74. The van der Waals surface area contributed by atoms with E-state index in [-0.39, 0.29) is 11.6 Å². The Morgan fingerprint density at radius 2 is 2.24 bits per heavy atom. The Morgan fingerprint density at radius 3 is 2.94 bits per heavy atom. The molecule has 2 aromatic rings. The molecule has 0 aliphatic rings. The minimum absolute atomic E-state index is 0.0717. The topological polar surface area (TPSA) is 58.3 Å². The SMILES string of the molecule is Cc1cnc(CNCc2cc(F)ccc2O)o1. The molecule has 1 heterocycles. The average molecular weight is 236 g/mol. The molecule has 0 saturated heterocycles. The second-order valence-corrected chi connectivity index (χ2v) is 3.74. The highest BCUT2D eigenvalue weighted by Gasteiger charge is 2.04. The van der Waals surface area contributed by atoms with Gasteiger partial charge in [0.1, 0.15) is 17.3 Å². The first-order valence-electron chi connectivity index (χ1n) is 5.24. The molecular formula is C12H13FN2O2. The Hall–Kier alpha value is -1.88. The molecule has 0 spiro atoms. The molecule has 0 aliphatic heterocycles. The zero-order valence-corrected chi connectivity index (χ0v) is 9.40. The molecule has 1 aromatic heterocycles. The summed E-state index contributed by atoms with van der Waals surface area (Å²) in [6, 6.07) is 3.85. The van der Waals surface area contributed by atoms with Gasteiger partial charge in [0.15, 0.2) is 0 Å². The van der Waals surface area contributed by atoms with Gasteiger partial charge in [0.25, 0.3) is 0 Å². The molecule has 0 saturated carbocycles. The number of hydrogen-bond donors (Lipinski definition) is 2. The molecule has 0 unspecified atom stereocenters. The number of halogens is 1. The van der Waals surface area contributed by atoms with Crippen LogP contribution in [0.4, 0.5) is 4.39 Å². The Labute approximate surface area is 98.1 Å². The van der Waals surface area contributed by atoms with Gasteiger partial charge < -0.3 is 14.8 Å². The quantitative estimate of drug-likeness (QED) is 0.853. The van der Waals surface area contributed by atoms with Crippen molar-refractivity contribution in [3.8, 4) is 5.75 Å². The van der Waals surface area contributed by atoms with Crippen molar-refractivity contribution >= 4 is 0 Å². The van der Waals surface area contributed by atoms with Gasteiger partial charge in [-0.05, 0) is 25.1 Å². The lowest BCUT2D eigenvalue weighted by atomic mass is 10.2. The van der Waals surface area contributed by atoms with Crippen LogP contribution in [0.3, 0.4) is 0 Å². The summed E-state index contributed by atoms with van der Waals surface area (Å²) in [5, 5.41) is 12.5. The summed E-state index contributed by atoms with van der Waals surface area (Å²) in [5.41, 5.74) is 0.508. The van der Waals surface area contributed by atoms with E-state index in [0.29, 0.717) is 24.5 Å². The molecule has 0 aliphatic carbocycles. The first-order valence-corrected chi connectivity index (χ1v) is 5.24. The molecule has 0 atom stereocenters. The number of phenols is 1. The van der Waals surface area contributed by atoms with Crippen molar-refractivity contribution in [1.29, 1.82) is 0 Å². The van der Waals surface area contributed by atoms with Gasteiger partial charge in [-0.25, -0.2) is 9.37 Å². The molecule has 0 radical (unpaired) electrons. The van der Waals surface area contributed by atoms with Crippen molar-refractivity contribution in [1.82, 2.24) is 10.3 Å². The fourth-order valence-electron chi connectivity index (χ4n) is 1.48. The first kappa shape index (κ1) is 11.6. The van der Waals surface area contributed by atoms with Gasteiger partial charge in [0.2, 0.25) is 5.89 Å². The average Bonchev–Trinajstić information content (AvgIpc) is 2.69. The molecule has 17 heavy (non-hydrogen) atoms. The predicted molar refractivity (Wildman–Crippen MR) is 59.8 cm³/mol. The molecule has 0 amide bonds. The lowest BCUT2D eigenvalue weighted by molar-refractivity contribution is 0.439. The third kappa shape index (κ3) is 3.04. The summed E-state index contributed by atoms with van der Waals surface area (Å²) in [5.74, 6) is 1.02. The zero-order valence-electron chi connectivity index (χ0n) is 9.40. The van der Waals surface area contributed by atoms with Crippen LogP contribution in [0.2, 0.25) is 0 Å². The molecule has 1 aromatic carbocycles. The minimum Gasteiger partial charge on any atom is -0.508 e. The Balaban J connectivity index is 1.91. The number of phenolic OH excluding ortho intramolecular Hbond substituents is 1. The summed E-state index contributed by atoms with van der Waals surface area (Å²) in [7, 11) is 0. The van der Waals surface area contributed by atoms with Crippen LogP contribution in [0, 0.1) is 12.7 Å². The monoisotopic (exact) mass is 236 g/mol. The third-order valence-corrected chi connectivity index (χ3v) is 2.30. The van der Waals surface area contributed by atoms with E-state index < -0.39 is 0 Å². The van der Waals surface area contributed by atoms with E-state index in [1.807, 2.05) is 6.92 Å². The largest absolute Gasteiger partial charge is 0.508 e. The highest BCUT2D eigenvalue weighted by Crippen LogP contribution is 2.17. The van der Waals surface area contributed by atoms with Crippen molar-refractivity contribution in [3.63, 3.8) is 0 Å². The highest BCUT2D eigenvalue weighted by atomic mass is 19.1. The molecular weight excluding hydrogens is 223 g/mol. The van der Waals surface area contributed by atoms with Crippen LogP contribution in [-0.4, -0.2) is 10.1 Å². The van der Waals surface area contributed by atoms with Gasteiger partial charge >= 0.3 is 0 Å². The standard InChI is InChI=1S/C12H13FN2O2/c1-8-5-15-12(17-8)7-14-6-9-4-10(13)2-3-11(9)16/h2-5,14,16H,6-7H2,1H3. The lowest BCUT2D eigenvalue weighted by Crippen LogP contribution is -2.13. The summed E-state index contributed by atoms with van der Waals surface area (Å²) in [6.45, 7) is 2.60. The van der Waals surface area contributed by atoms with Crippen LogP contribution >= 0.6 is 0 Å². The second kappa shape index (κ2) is 4.97. The van der Waals surface area contributed by atoms with Gasteiger partial charge in [-0.15, -0.1) is 0 Å². The van der Waals surface area contributed by atoms with E-state index in [4.69, 9.17) is 4.42 Å². The summed E-state index contributed by atoms with van der Waals surface area (Å²) >= 11 is 0. The summed E-state index contributed by atoms with van der Waals surface area (Å²) in [4.78, 5) is 4.02. The number of oxazole rings is 1. The van der Waals surface area contributed by atoms with Gasteiger partial charge in [0, 0.05) is 12.1 Å². The van der Waals surface area contributed by atoms with Crippen LogP contribution in [-0.2, 0) is 13.1 Å². The predicted octanol–water partition coefficient (Wildman–Crippen LogP) is 2.12. The van der Waals surface area contributed by atoms with Crippen LogP contribution < -0.4 is 5.32 Å². The van der Waals surface area contributed by atoms with E-state index in [9.17, 15) is 9.50 Å². The maximum Gasteiger partial charge on any atom is 0.208 e. The maximum absolute atomic E-state index is 12.9. The van der Waals surface area contributed by atoms with Gasteiger partial charge in [-0.3, -0.25) is 0 Å². The first-order chi connectivity index (χ1) is 8.15. The van der Waals surface area contributed by atoms with E-state index in [1.54, 1.807) is 6.20 Å². The number of aromatic hydroxyl groups is 1.